The lowest BCUT2D eigenvalue weighted by Gasteiger charge is -1.90. The summed E-state index contributed by atoms with van der Waals surface area (Å²) in [4.78, 5) is 4.23. The molecule has 0 saturated carbocycles. The van der Waals surface area contributed by atoms with Gasteiger partial charge in [0.1, 0.15) is 5.82 Å². The van der Waals surface area contributed by atoms with E-state index in [9.17, 15) is 0 Å². The van der Waals surface area contributed by atoms with Crippen LogP contribution in [0.3, 0.4) is 0 Å². The molecule has 3 heteroatoms. The van der Waals surface area contributed by atoms with Crippen LogP contribution in [-0.2, 0) is 7.05 Å². The molecule has 0 aromatic carbocycles. The summed E-state index contributed by atoms with van der Waals surface area (Å²) in [6.45, 7) is 5.97. The van der Waals surface area contributed by atoms with Crippen LogP contribution in [0.2, 0.25) is 0 Å². The van der Waals surface area contributed by atoms with Crippen molar-refractivity contribution < 1.29 is 0 Å². The maximum atomic E-state index is 4.23. The van der Waals surface area contributed by atoms with E-state index in [2.05, 4.69) is 17.6 Å². The maximum absolute atomic E-state index is 4.23. The van der Waals surface area contributed by atoms with Gasteiger partial charge in [-0.2, -0.15) is 12.6 Å². The van der Waals surface area contributed by atoms with Gasteiger partial charge in [-0.05, 0) is 18.4 Å². The Morgan fingerprint density at radius 3 is 2.42 bits per heavy atom. The molecule has 0 unspecified atom stereocenters. The fraction of sp³-hybridized carbons (Fsp3) is 0.444. The molecule has 0 N–H and O–H groups in total. The van der Waals surface area contributed by atoms with Crippen LogP contribution in [0.25, 0.3) is 6.08 Å². The lowest BCUT2D eigenvalue weighted by atomic mass is 10.6. The minimum atomic E-state index is 0.938. The molecule has 0 fully saturated rings. The number of aromatic nitrogens is 2. The van der Waals surface area contributed by atoms with Gasteiger partial charge in [-0.3, -0.25) is 0 Å². The first-order chi connectivity index (χ1) is 5.74. The topological polar surface area (TPSA) is 17.8 Å². The molecule has 2 nitrogen and oxygen atoms in total. The molecule has 0 aliphatic heterocycles. The van der Waals surface area contributed by atoms with Crippen LogP contribution >= 0.6 is 12.6 Å². The molecule has 0 amide bonds. The first-order valence-electron chi connectivity index (χ1n) is 4.05. The lowest BCUT2D eigenvalue weighted by molar-refractivity contribution is 0.897. The monoisotopic (exact) mass is 184 g/mol. The van der Waals surface area contributed by atoms with Crippen LogP contribution in [0.1, 0.15) is 25.4 Å². The molecule has 0 aliphatic carbocycles. The van der Waals surface area contributed by atoms with E-state index in [1.807, 2.05) is 44.7 Å². The van der Waals surface area contributed by atoms with Crippen molar-refractivity contribution in [2.24, 2.45) is 7.05 Å². The number of hydrogen-bond donors (Lipinski definition) is 1. The van der Waals surface area contributed by atoms with E-state index in [0.717, 1.165) is 11.5 Å². The van der Waals surface area contributed by atoms with E-state index in [1.165, 1.54) is 0 Å². The van der Waals surface area contributed by atoms with Crippen LogP contribution < -0.4 is 0 Å². The molecule has 12 heavy (non-hydrogen) atoms. The Morgan fingerprint density at radius 1 is 1.50 bits per heavy atom. The summed E-state index contributed by atoms with van der Waals surface area (Å²) < 4.78 is 1.96. The second-order valence-electron chi connectivity index (χ2n) is 2.17. The molecule has 0 saturated heterocycles. The third-order valence-electron chi connectivity index (χ3n) is 1.26. The van der Waals surface area contributed by atoms with Crippen molar-refractivity contribution in [2.45, 2.75) is 20.8 Å². The van der Waals surface area contributed by atoms with Crippen LogP contribution in [0.15, 0.2) is 11.6 Å². The highest BCUT2D eigenvalue weighted by atomic mass is 32.1. The minimum Gasteiger partial charge on any atom is -0.334 e. The fourth-order valence-electron chi connectivity index (χ4n) is 0.856. The SMILES string of the molecule is CC.Cc1cn(C)c(/C=C/S)n1. The second-order valence-corrected chi connectivity index (χ2v) is 2.47. The smallest absolute Gasteiger partial charge is 0.133 e. The lowest BCUT2D eigenvalue weighted by Crippen LogP contribution is -1.87. The third-order valence-corrected chi connectivity index (χ3v) is 1.41. The van der Waals surface area contributed by atoms with Crippen LogP contribution in [0.5, 0.6) is 0 Å². The molecule has 1 rings (SSSR count). The Morgan fingerprint density at radius 2 is 2.08 bits per heavy atom. The summed E-state index contributed by atoms with van der Waals surface area (Å²) in [6.07, 6.45) is 3.83. The van der Waals surface area contributed by atoms with E-state index in [0.29, 0.717) is 0 Å². The Hall–Kier alpha value is -0.700. The number of thiol groups is 1. The molecule has 0 bridgehead atoms. The summed E-state index contributed by atoms with van der Waals surface area (Å²) >= 11 is 3.95. The van der Waals surface area contributed by atoms with Crippen LogP contribution in [0, 0.1) is 6.92 Å². The number of rotatable bonds is 1. The molecule has 0 aliphatic rings. The van der Waals surface area contributed by atoms with Gasteiger partial charge in [-0.15, -0.1) is 0 Å². The van der Waals surface area contributed by atoms with Gasteiger partial charge in [-0.1, -0.05) is 13.8 Å². The highest BCUT2D eigenvalue weighted by molar-refractivity contribution is 7.83. The van der Waals surface area contributed by atoms with Gasteiger partial charge in [0.2, 0.25) is 0 Å². The Balaban J connectivity index is 0.000000561. The van der Waals surface area contributed by atoms with Gasteiger partial charge in [-0.25, -0.2) is 4.98 Å². The van der Waals surface area contributed by atoms with Gasteiger partial charge in [0.25, 0.3) is 0 Å². The first kappa shape index (κ1) is 11.3. The van der Waals surface area contributed by atoms with E-state index < -0.39 is 0 Å². The molecule has 0 radical (unpaired) electrons. The van der Waals surface area contributed by atoms with Crippen molar-refractivity contribution in [1.82, 2.24) is 9.55 Å². The molecule has 1 aromatic rings. The molecule has 0 spiro atoms. The first-order valence-corrected chi connectivity index (χ1v) is 4.56. The molecule has 1 heterocycles. The van der Waals surface area contributed by atoms with Crippen molar-refractivity contribution in [3.8, 4) is 0 Å². The summed E-state index contributed by atoms with van der Waals surface area (Å²) in [7, 11) is 1.96. The van der Waals surface area contributed by atoms with Crippen molar-refractivity contribution in [1.29, 1.82) is 0 Å². The normalized spacial score (nSPS) is 9.75. The largest absolute Gasteiger partial charge is 0.334 e. The van der Waals surface area contributed by atoms with Crippen LogP contribution in [-0.4, -0.2) is 9.55 Å². The second kappa shape index (κ2) is 5.89. The number of aryl methyl sites for hydroxylation is 2. The zero-order valence-corrected chi connectivity index (χ0v) is 8.97. The zero-order chi connectivity index (χ0) is 9.56. The van der Waals surface area contributed by atoms with Gasteiger partial charge >= 0.3 is 0 Å². The van der Waals surface area contributed by atoms with Crippen molar-refractivity contribution >= 4 is 18.7 Å². The van der Waals surface area contributed by atoms with Gasteiger partial charge in [0.15, 0.2) is 0 Å². The third kappa shape index (κ3) is 3.13. The zero-order valence-electron chi connectivity index (χ0n) is 8.07. The molecule has 0 atom stereocenters. The average Bonchev–Trinajstić information content (AvgIpc) is 2.35. The van der Waals surface area contributed by atoms with Crippen LogP contribution in [0.4, 0.5) is 0 Å². The standard InChI is InChI=1S/C7H10N2S.C2H6/c1-6-5-9(2)7(8-6)3-4-10;1-2/h3-5,10H,1-2H3;1-2H3/b4-3+;. The van der Waals surface area contributed by atoms with Crippen molar-refractivity contribution in [3.63, 3.8) is 0 Å². The predicted molar refractivity (Wildman–Crippen MR) is 57.3 cm³/mol. The molecule has 1 aromatic heterocycles. The Kier molecular flexibility index (Phi) is 5.54. The number of hydrogen-bond acceptors (Lipinski definition) is 2. The minimum absolute atomic E-state index is 0.938. The van der Waals surface area contributed by atoms with Crippen molar-refractivity contribution in [3.05, 3.63) is 23.1 Å². The number of imidazole rings is 1. The summed E-state index contributed by atoms with van der Waals surface area (Å²) in [5.74, 6) is 0.938. The maximum Gasteiger partial charge on any atom is 0.133 e. The summed E-state index contributed by atoms with van der Waals surface area (Å²) in [6, 6.07) is 0. The predicted octanol–water partition coefficient (Wildman–Crippen LogP) is 2.66. The Labute approximate surface area is 79.7 Å². The average molecular weight is 184 g/mol. The molecular weight excluding hydrogens is 168 g/mol. The highest BCUT2D eigenvalue weighted by Gasteiger charge is 1.95. The highest BCUT2D eigenvalue weighted by Crippen LogP contribution is 2.01. The molecule has 68 valence electrons. The van der Waals surface area contributed by atoms with Gasteiger partial charge in [0.05, 0.1) is 5.69 Å². The van der Waals surface area contributed by atoms with Gasteiger partial charge in [0, 0.05) is 13.2 Å². The molecular formula is C9H16N2S. The fourth-order valence-corrected chi connectivity index (χ4v) is 0.990. The van der Waals surface area contributed by atoms with E-state index >= 15 is 0 Å². The summed E-state index contributed by atoms with van der Waals surface area (Å²) in [5, 5.41) is 1.68. The van der Waals surface area contributed by atoms with Crippen molar-refractivity contribution in [2.75, 3.05) is 0 Å². The van der Waals surface area contributed by atoms with E-state index in [1.54, 1.807) is 5.41 Å². The van der Waals surface area contributed by atoms with E-state index in [4.69, 9.17) is 0 Å². The summed E-state index contributed by atoms with van der Waals surface area (Å²) in [5.41, 5.74) is 1.03. The number of nitrogens with zero attached hydrogens (tertiary/aromatic N) is 2. The quantitative estimate of drug-likeness (QED) is 0.664. The Bertz CT molecular complexity index is 251. The van der Waals surface area contributed by atoms with Gasteiger partial charge < -0.3 is 4.57 Å². The van der Waals surface area contributed by atoms with E-state index in [-0.39, 0.29) is 0 Å².